The highest BCUT2D eigenvalue weighted by Gasteiger charge is 2.28. The average molecular weight is 507 g/mol. The summed E-state index contributed by atoms with van der Waals surface area (Å²) in [6, 6.07) is 15.6. The van der Waals surface area contributed by atoms with Gasteiger partial charge in [-0.15, -0.1) is 0 Å². The fraction of sp³-hybridized carbons (Fsp3) is 0.500. The summed E-state index contributed by atoms with van der Waals surface area (Å²) in [6.07, 6.45) is 1.58. The Morgan fingerprint density at radius 1 is 0.919 bits per heavy atom. The highest BCUT2D eigenvalue weighted by Crippen LogP contribution is 2.29. The summed E-state index contributed by atoms with van der Waals surface area (Å²) in [6.45, 7) is 13.6. The topological polar surface area (TPSA) is 73.0 Å². The van der Waals surface area contributed by atoms with Crippen LogP contribution in [0.3, 0.4) is 0 Å². The van der Waals surface area contributed by atoms with Crippen molar-refractivity contribution in [2.45, 2.75) is 53.4 Å². The lowest BCUT2D eigenvalue weighted by Gasteiger charge is -2.29. The Morgan fingerprint density at radius 3 is 2.24 bits per heavy atom. The molecule has 0 saturated carbocycles. The number of carbonyl (C=O) groups is 3. The molecule has 2 aromatic rings. The minimum absolute atomic E-state index is 0.0482. The normalized spacial score (nSPS) is 14.8. The lowest BCUT2D eigenvalue weighted by atomic mass is 9.95. The Hall–Kier alpha value is -3.35. The molecule has 1 heterocycles. The molecule has 37 heavy (non-hydrogen) atoms. The number of amides is 3. The zero-order valence-electron chi connectivity index (χ0n) is 23.0. The minimum atomic E-state index is -0.154. The van der Waals surface area contributed by atoms with Gasteiger partial charge < -0.3 is 20.0 Å². The van der Waals surface area contributed by atoms with E-state index in [-0.39, 0.29) is 29.6 Å². The van der Waals surface area contributed by atoms with Crippen molar-refractivity contribution in [3.63, 3.8) is 0 Å². The molecule has 3 rings (SSSR count). The van der Waals surface area contributed by atoms with Crippen LogP contribution in [-0.4, -0.2) is 66.8 Å². The van der Waals surface area contributed by atoms with E-state index in [1.165, 1.54) is 0 Å². The highest BCUT2D eigenvalue weighted by molar-refractivity contribution is 6.02. The number of nitrogens with zero attached hydrogens (tertiary/aromatic N) is 3. The van der Waals surface area contributed by atoms with Crippen molar-refractivity contribution in [1.29, 1.82) is 0 Å². The molecule has 1 saturated heterocycles. The molecule has 1 aliphatic rings. The number of anilines is 2. The van der Waals surface area contributed by atoms with Crippen LogP contribution in [-0.2, 0) is 9.59 Å². The number of rotatable bonds is 9. The van der Waals surface area contributed by atoms with Crippen LogP contribution in [0, 0.1) is 5.92 Å². The van der Waals surface area contributed by atoms with Gasteiger partial charge in [0.25, 0.3) is 5.91 Å². The van der Waals surface area contributed by atoms with Crippen molar-refractivity contribution in [2.24, 2.45) is 5.92 Å². The second-order valence-corrected chi connectivity index (χ2v) is 9.89. The Labute approximate surface area is 221 Å². The van der Waals surface area contributed by atoms with Crippen molar-refractivity contribution >= 4 is 29.1 Å². The molecule has 2 aromatic carbocycles. The molecule has 0 bridgehead atoms. The summed E-state index contributed by atoms with van der Waals surface area (Å²) in [5, 5.41) is 2.93. The van der Waals surface area contributed by atoms with Crippen LogP contribution >= 0.6 is 0 Å². The van der Waals surface area contributed by atoms with Crippen molar-refractivity contribution in [3.8, 4) is 0 Å². The SMILES string of the molecule is CC[C@@H](C(=O)N1CCCN(c2ccc(NC(=O)C(C)C)cc2C(=O)N(CC)CC)CC1)c1ccccc1. The van der Waals surface area contributed by atoms with Gasteiger partial charge in [-0.1, -0.05) is 51.1 Å². The van der Waals surface area contributed by atoms with Crippen molar-refractivity contribution in [2.75, 3.05) is 49.5 Å². The third-order valence-electron chi connectivity index (χ3n) is 7.13. The molecule has 1 atom stereocenters. The van der Waals surface area contributed by atoms with Gasteiger partial charge in [0.15, 0.2) is 0 Å². The maximum Gasteiger partial charge on any atom is 0.256 e. The van der Waals surface area contributed by atoms with Gasteiger partial charge in [-0.3, -0.25) is 14.4 Å². The van der Waals surface area contributed by atoms with E-state index in [0.717, 1.165) is 30.6 Å². The monoisotopic (exact) mass is 506 g/mol. The van der Waals surface area contributed by atoms with Gasteiger partial charge in [-0.05, 0) is 50.5 Å². The van der Waals surface area contributed by atoms with E-state index in [1.54, 1.807) is 11.0 Å². The smallest absolute Gasteiger partial charge is 0.256 e. The van der Waals surface area contributed by atoms with E-state index >= 15 is 0 Å². The van der Waals surface area contributed by atoms with E-state index in [2.05, 4.69) is 17.1 Å². The Morgan fingerprint density at radius 2 is 1.62 bits per heavy atom. The lowest BCUT2D eigenvalue weighted by Crippen LogP contribution is -2.38. The average Bonchev–Trinajstić information content (AvgIpc) is 3.16. The van der Waals surface area contributed by atoms with Crippen molar-refractivity contribution in [1.82, 2.24) is 9.80 Å². The van der Waals surface area contributed by atoms with Crippen LogP contribution in [0.1, 0.15) is 69.3 Å². The van der Waals surface area contributed by atoms with Gasteiger partial charge in [0, 0.05) is 56.6 Å². The third-order valence-corrected chi connectivity index (χ3v) is 7.13. The first-order chi connectivity index (χ1) is 17.8. The predicted octanol–water partition coefficient (Wildman–Crippen LogP) is 5.00. The van der Waals surface area contributed by atoms with Crippen LogP contribution < -0.4 is 10.2 Å². The summed E-state index contributed by atoms with van der Waals surface area (Å²) in [5.74, 6) is -0.258. The van der Waals surface area contributed by atoms with Gasteiger partial charge >= 0.3 is 0 Å². The first-order valence-electron chi connectivity index (χ1n) is 13.6. The van der Waals surface area contributed by atoms with E-state index in [9.17, 15) is 14.4 Å². The maximum atomic E-state index is 13.5. The second-order valence-electron chi connectivity index (χ2n) is 9.89. The zero-order chi connectivity index (χ0) is 26.9. The van der Waals surface area contributed by atoms with Crippen LogP contribution in [0.25, 0.3) is 0 Å². The zero-order valence-corrected chi connectivity index (χ0v) is 23.0. The molecular formula is C30H42N4O3. The van der Waals surface area contributed by atoms with E-state index in [1.807, 2.05) is 75.1 Å². The number of benzene rings is 2. The highest BCUT2D eigenvalue weighted by atomic mass is 16.2. The molecule has 7 nitrogen and oxygen atoms in total. The van der Waals surface area contributed by atoms with Crippen LogP contribution in [0.5, 0.6) is 0 Å². The summed E-state index contributed by atoms with van der Waals surface area (Å²) in [7, 11) is 0. The summed E-state index contributed by atoms with van der Waals surface area (Å²) >= 11 is 0. The van der Waals surface area contributed by atoms with E-state index in [0.29, 0.717) is 44.0 Å². The molecule has 0 spiro atoms. The molecule has 1 fully saturated rings. The summed E-state index contributed by atoms with van der Waals surface area (Å²) in [5.41, 5.74) is 3.12. The molecule has 1 aliphatic heterocycles. The third kappa shape index (κ3) is 6.90. The number of carbonyl (C=O) groups excluding carboxylic acids is 3. The summed E-state index contributed by atoms with van der Waals surface area (Å²) in [4.78, 5) is 45.3. The number of hydrogen-bond donors (Lipinski definition) is 1. The van der Waals surface area contributed by atoms with Crippen molar-refractivity contribution in [3.05, 3.63) is 59.7 Å². The molecule has 3 amide bonds. The quantitative estimate of drug-likeness (QED) is 0.520. The Kier molecular flexibility index (Phi) is 10.1. The van der Waals surface area contributed by atoms with Crippen LogP contribution in [0.15, 0.2) is 48.5 Å². The van der Waals surface area contributed by atoms with E-state index in [4.69, 9.17) is 0 Å². The van der Waals surface area contributed by atoms with E-state index < -0.39 is 0 Å². The second kappa shape index (κ2) is 13.3. The van der Waals surface area contributed by atoms with Crippen LogP contribution in [0.2, 0.25) is 0 Å². The van der Waals surface area contributed by atoms with Gasteiger partial charge in [0.05, 0.1) is 11.5 Å². The molecule has 0 aliphatic carbocycles. The van der Waals surface area contributed by atoms with Crippen LogP contribution in [0.4, 0.5) is 11.4 Å². The summed E-state index contributed by atoms with van der Waals surface area (Å²) < 4.78 is 0. The molecule has 0 unspecified atom stereocenters. The molecule has 0 radical (unpaired) electrons. The lowest BCUT2D eigenvalue weighted by molar-refractivity contribution is -0.132. The standard InChI is InChI=1S/C30H42N4O3/c1-6-25(23-13-10-9-11-14-23)29(36)34-18-12-17-33(19-20-34)27-16-15-24(31-28(35)22(4)5)21-26(27)30(37)32(7-2)8-3/h9-11,13-16,21-22,25H,6-8,12,17-20H2,1-5H3,(H,31,35)/t25-/m1/s1. The largest absolute Gasteiger partial charge is 0.369 e. The predicted molar refractivity (Wildman–Crippen MR) is 150 cm³/mol. The molecule has 7 heteroatoms. The fourth-order valence-electron chi connectivity index (χ4n) is 4.87. The number of nitrogens with one attached hydrogen (secondary N) is 1. The molecule has 1 N–H and O–H groups in total. The molecular weight excluding hydrogens is 464 g/mol. The van der Waals surface area contributed by atoms with Gasteiger partial charge in [0.2, 0.25) is 11.8 Å². The fourth-order valence-corrected chi connectivity index (χ4v) is 4.87. The Balaban J connectivity index is 1.84. The maximum absolute atomic E-state index is 13.5. The minimum Gasteiger partial charge on any atom is -0.369 e. The first kappa shape index (κ1) is 28.2. The van der Waals surface area contributed by atoms with Gasteiger partial charge in [0.1, 0.15) is 0 Å². The van der Waals surface area contributed by atoms with Gasteiger partial charge in [-0.25, -0.2) is 0 Å². The van der Waals surface area contributed by atoms with Gasteiger partial charge in [-0.2, -0.15) is 0 Å². The molecule has 0 aromatic heterocycles. The molecule has 200 valence electrons. The van der Waals surface area contributed by atoms with Crippen molar-refractivity contribution < 1.29 is 14.4 Å². The first-order valence-corrected chi connectivity index (χ1v) is 13.6. The Bertz CT molecular complexity index is 1070. The number of hydrogen-bond acceptors (Lipinski definition) is 4.